The summed E-state index contributed by atoms with van der Waals surface area (Å²) in [5, 5.41) is 0.772. The number of nitrogens with zero attached hydrogens (tertiary/aromatic N) is 4. The summed E-state index contributed by atoms with van der Waals surface area (Å²) in [6.07, 6.45) is 0. The lowest BCUT2D eigenvalue weighted by Gasteiger charge is -2.08. The average Bonchev–Trinajstić information content (AvgIpc) is 2.51. The van der Waals surface area contributed by atoms with E-state index in [0.717, 1.165) is 0 Å². The molecule has 0 aliphatic carbocycles. The lowest BCUT2D eigenvalue weighted by Crippen LogP contribution is -2.02. The van der Waals surface area contributed by atoms with Gasteiger partial charge in [0.1, 0.15) is 22.1 Å². The smallest absolute Gasteiger partial charge is 0.213 e. The van der Waals surface area contributed by atoms with Gasteiger partial charge in [0, 0.05) is 10.8 Å². The van der Waals surface area contributed by atoms with Crippen molar-refractivity contribution in [3.63, 3.8) is 0 Å². The third kappa shape index (κ3) is 1.63. The second-order valence-corrected chi connectivity index (χ2v) is 4.55. The van der Waals surface area contributed by atoms with E-state index in [9.17, 15) is 17.6 Å². The Bertz CT molecular complexity index is 995. The molecule has 0 saturated heterocycles. The van der Waals surface area contributed by atoms with Gasteiger partial charge in [0.05, 0.1) is 0 Å². The fourth-order valence-corrected chi connectivity index (χ4v) is 2.39. The van der Waals surface area contributed by atoms with Crippen LogP contribution in [0.2, 0.25) is 0 Å². The predicted octanol–water partition coefficient (Wildman–Crippen LogP) is 3.28. The third-order valence-corrected chi connectivity index (χ3v) is 3.29. The first-order chi connectivity index (χ1) is 10.6. The van der Waals surface area contributed by atoms with Crippen LogP contribution in [-0.2, 0) is 0 Å². The van der Waals surface area contributed by atoms with Crippen molar-refractivity contribution in [3.05, 3.63) is 48.1 Å². The number of halogens is 4. The van der Waals surface area contributed by atoms with Crippen LogP contribution in [0.1, 0.15) is 0 Å². The molecule has 2 aromatic heterocycles. The predicted molar refractivity (Wildman–Crippen MR) is 70.0 cm³/mol. The van der Waals surface area contributed by atoms with E-state index in [0.29, 0.717) is 10.8 Å². The van der Waals surface area contributed by atoms with Crippen molar-refractivity contribution in [2.75, 3.05) is 0 Å². The summed E-state index contributed by atoms with van der Waals surface area (Å²) < 4.78 is 53.6. The van der Waals surface area contributed by atoms with Gasteiger partial charge in [-0.3, -0.25) is 0 Å². The number of hydrogen-bond acceptors (Lipinski definition) is 4. The largest absolute Gasteiger partial charge is 0.269 e. The molecule has 108 valence electrons. The molecule has 0 aliphatic heterocycles. The molecular weight excluding hydrogens is 300 g/mol. The van der Waals surface area contributed by atoms with Crippen LogP contribution in [0.15, 0.2) is 24.3 Å². The van der Waals surface area contributed by atoms with Crippen LogP contribution in [0.5, 0.6) is 0 Å². The molecular formula is C14H4F4N4. The zero-order valence-corrected chi connectivity index (χ0v) is 10.6. The van der Waals surface area contributed by atoms with Gasteiger partial charge in [-0.25, -0.2) is 19.9 Å². The molecule has 0 saturated carbocycles. The third-order valence-electron chi connectivity index (χ3n) is 3.29. The Morgan fingerprint density at radius 2 is 0.818 bits per heavy atom. The molecule has 0 atom stereocenters. The molecule has 0 amide bonds. The second kappa shape index (κ2) is 4.30. The van der Waals surface area contributed by atoms with Crippen molar-refractivity contribution < 1.29 is 17.6 Å². The van der Waals surface area contributed by atoms with Crippen LogP contribution in [-0.4, -0.2) is 19.9 Å². The quantitative estimate of drug-likeness (QED) is 0.369. The monoisotopic (exact) mass is 304 g/mol. The number of hydrogen-bond donors (Lipinski definition) is 0. The van der Waals surface area contributed by atoms with Gasteiger partial charge in [0.25, 0.3) is 23.8 Å². The van der Waals surface area contributed by atoms with Crippen LogP contribution in [0, 0.1) is 23.8 Å². The van der Waals surface area contributed by atoms with Crippen molar-refractivity contribution in [1.29, 1.82) is 0 Å². The van der Waals surface area contributed by atoms with Crippen LogP contribution in [0.3, 0.4) is 0 Å². The van der Waals surface area contributed by atoms with E-state index in [4.69, 9.17) is 0 Å². The van der Waals surface area contributed by atoms with Gasteiger partial charge < -0.3 is 0 Å². The highest BCUT2D eigenvalue weighted by atomic mass is 19.2. The molecule has 0 N–H and O–H groups in total. The molecule has 4 rings (SSSR count). The molecule has 0 bridgehead atoms. The van der Waals surface area contributed by atoms with E-state index in [2.05, 4.69) is 19.9 Å². The van der Waals surface area contributed by atoms with Crippen molar-refractivity contribution in [1.82, 2.24) is 19.9 Å². The zero-order valence-electron chi connectivity index (χ0n) is 10.6. The first-order valence-corrected chi connectivity index (χ1v) is 6.12. The lowest BCUT2D eigenvalue weighted by molar-refractivity contribution is 0.457. The molecule has 2 heterocycles. The lowest BCUT2D eigenvalue weighted by atomic mass is 10.1. The molecule has 22 heavy (non-hydrogen) atoms. The fourth-order valence-electron chi connectivity index (χ4n) is 2.39. The molecule has 4 aromatic rings. The van der Waals surface area contributed by atoms with Gasteiger partial charge in [0.15, 0.2) is 0 Å². The van der Waals surface area contributed by atoms with Gasteiger partial charge >= 0.3 is 0 Å². The highest BCUT2D eigenvalue weighted by Crippen LogP contribution is 2.31. The summed E-state index contributed by atoms with van der Waals surface area (Å²) in [5.41, 5.74) is -0.359. The number of fused-ring (bicyclic) bond motifs is 6. The Morgan fingerprint density at radius 3 is 1.18 bits per heavy atom. The normalized spacial score (nSPS) is 11.6. The minimum absolute atomic E-state index is 0.00214. The van der Waals surface area contributed by atoms with Gasteiger partial charge in [-0.05, 0) is 0 Å². The summed E-state index contributed by atoms with van der Waals surface area (Å²) in [6.45, 7) is 0. The molecule has 0 aliphatic rings. The minimum Gasteiger partial charge on any atom is -0.213 e. The van der Waals surface area contributed by atoms with E-state index in [1.54, 1.807) is 24.3 Å². The first-order valence-electron chi connectivity index (χ1n) is 6.12. The van der Waals surface area contributed by atoms with Gasteiger partial charge in [-0.15, -0.1) is 0 Å². The van der Waals surface area contributed by atoms with Crippen molar-refractivity contribution in [2.45, 2.75) is 0 Å². The maximum absolute atomic E-state index is 13.4. The van der Waals surface area contributed by atoms with E-state index >= 15 is 0 Å². The Morgan fingerprint density at radius 1 is 0.500 bits per heavy atom. The van der Waals surface area contributed by atoms with E-state index in [-0.39, 0.29) is 22.1 Å². The van der Waals surface area contributed by atoms with Crippen molar-refractivity contribution in [2.24, 2.45) is 0 Å². The summed E-state index contributed by atoms with van der Waals surface area (Å²) in [5.74, 6) is -5.66. The summed E-state index contributed by atoms with van der Waals surface area (Å²) in [7, 11) is 0. The van der Waals surface area contributed by atoms with E-state index in [1.807, 2.05) is 0 Å². The maximum atomic E-state index is 13.4. The number of rotatable bonds is 0. The molecule has 0 unspecified atom stereocenters. The summed E-state index contributed by atoms with van der Waals surface area (Å²) in [6, 6.07) is 6.44. The van der Waals surface area contributed by atoms with Crippen molar-refractivity contribution in [3.8, 4) is 0 Å². The maximum Gasteiger partial charge on any atom is 0.269 e. The summed E-state index contributed by atoms with van der Waals surface area (Å²) >= 11 is 0. The standard InChI is InChI=1S/C14H4F4N4/c15-11-13(17)21-9-7(19-11)5-3-1-2-4-6(5)8-10(9)22-14(18)12(16)20-8/h1-4H. The van der Waals surface area contributed by atoms with Gasteiger partial charge in [-0.1, -0.05) is 24.3 Å². The number of benzene rings is 2. The zero-order chi connectivity index (χ0) is 15.4. The number of aromatic nitrogens is 4. The van der Waals surface area contributed by atoms with Gasteiger partial charge in [0.2, 0.25) is 0 Å². The molecule has 4 nitrogen and oxygen atoms in total. The molecule has 0 fully saturated rings. The Labute approximate surface area is 119 Å². The van der Waals surface area contributed by atoms with E-state index in [1.165, 1.54) is 0 Å². The fraction of sp³-hybridized carbons (Fsp3) is 0. The molecule has 2 aromatic carbocycles. The highest BCUT2D eigenvalue weighted by Gasteiger charge is 2.19. The topological polar surface area (TPSA) is 51.6 Å². The van der Waals surface area contributed by atoms with Gasteiger partial charge in [-0.2, -0.15) is 17.6 Å². The summed E-state index contributed by atoms with van der Waals surface area (Å²) in [4.78, 5) is 13.9. The average molecular weight is 304 g/mol. The minimum atomic E-state index is -1.45. The molecule has 0 radical (unpaired) electrons. The Hall–Kier alpha value is -2.90. The Kier molecular flexibility index (Phi) is 2.50. The second-order valence-electron chi connectivity index (χ2n) is 4.55. The SMILES string of the molecule is Fc1nc2c3ccccc3c3nc(F)c(F)nc3c2nc1F. The molecule has 0 spiro atoms. The Balaban J connectivity index is 2.40. The van der Waals surface area contributed by atoms with Crippen LogP contribution in [0.4, 0.5) is 17.6 Å². The van der Waals surface area contributed by atoms with Crippen LogP contribution >= 0.6 is 0 Å². The first kappa shape index (κ1) is 12.8. The molecule has 8 heteroatoms. The highest BCUT2D eigenvalue weighted by molar-refractivity contribution is 6.20. The van der Waals surface area contributed by atoms with Crippen LogP contribution in [0.25, 0.3) is 32.8 Å². The van der Waals surface area contributed by atoms with Crippen LogP contribution < -0.4 is 0 Å². The van der Waals surface area contributed by atoms with Crippen molar-refractivity contribution >= 4 is 32.8 Å². The van der Waals surface area contributed by atoms with E-state index < -0.39 is 23.8 Å².